The Morgan fingerprint density at radius 3 is 1.14 bits per heavy atom. The van der Waals surface area contributed by atoms with Crippen LogP contribution in [0.2, 0.25) is 0 Å². The molecular weight excluding hydrogens is 612 g/mol. The number of hydrogen-bond donors (Lipinski definition) is 3. The first-order valence-electron chi connectivity index (χ1n) is 10.0. The minimum absolute atomic E-state index is 0.0718. The van der Waals surface area contributed by atoms with E-state index in [9.17, 15) is 14.4 Å². The Balaban J connectivity index is 0.000000237. The van der Waals surface area contributed by atoms with E-state index in [1.165, 1.54) is 55.0 Å². The number of hydrogen-bond acceptors (Lipinski definition) is 7. The summed E-state index contributed by atoms with van der Waals surface area (Å²) in [6.07, 6.45) is 5.84. The quantitative estimate of drug-likeness (QED) is 0.254. The Kier molecular flexibility index (Phi) is 11.7. The molecule has 0 atom stereocenters. The van der Waals surface area contributed by atoms with Gasteiger partial charge in [-0.1, -0.05) is 0 Å². The van der Waals surface area contributed by atoms with Crippen LogP contribution in [0, 0.1) is 6.92 Å². The van der Waals surface area contributed by atoms with Gasteiger partial charge in [0.25, 0.3) is 0 Å². The van der Waals surface area contributed by atoms with Gasteiger partial charge < -0.3 is 15.3 Å². The van der Waals surface area contributed by atoms with Gasteiger partial charge in [0.2, 0.25) is 0 Å². The van der Waals surface area contributed by atoms with Gasteiger partial charge in [0.15, 0.2) is 0 Å². The third-order valence-electron chi connectivity index (χ3n) is 4.46. The van der Waals surface area contributed by atoms with E-state index in [1.54, 1.807) is 6.20 Å². The molecule has 0 aliphatic heterocycles. The number of carboxylic acids is 3. The van der Waals surface area contributed by atoms with Crippen LogP contribution in [0.3, 0.4) is 0 Å². The van der Waals surface area contributed by atoms with E-state index in [0.29, 0.717) is 22.8 Å². The predicted molar refractivity (Wildman–Crippen MR) is 132 cm³/mol. The van der Waals surface area contributed by atoms with Crippen LogP contribution < -0.4 is 0 Å². The Hall–Kier alpha value is -3.79. The number of halogens is 2. The van der Waals surface area contributed by atoms with Crippen LogP contribution in [0.1, 0.15) is 36.6 Å². The second kappa shape index (κ2) is 14.7. The van der Waals surface area contributed by atoms with Crippen molar-refractivity contribution in [2.75, 3.05) is 0 Å². The summed E-state index contributed by atoms with van der Waals surface area (Å²) in [5.41, 5.74) is 3.31. The average Bonchev–Trinajstić information content (AvgIpc) is 2.90. The van der Waals surface area contributed by atoms with Crippen molar-refractivity contribution in [3.05, 3.63) is 95.6 Å². The summed E-state index contributed by atoms with van der Waals surface area (Å²) in [5.74, 6) is -3.11. The molecule has 0 radical (unpaired) electrons. The number of aromatic nitrogens is 4. The van der Waals surface area contributed by atoms with Crippen molar-refractivity contribution in [2.45, 2.75) is 6.92 Å². The minimum atomic E-state index is -1.08. The van der Waals surface area contributed by atoms with Crippen LogP contribution in [-0.4, -0.2) is 53.2 Å². The predicted octanol–water partition coefficient (Wildman–Crippen LogP) is 5.07. The molecule has 0 amide bonds. The molecule has 4 rings (SSSR count). The van der Waals surface area contributed by atoms with E-state index in [4.69, 9.17) is 34.7 Å². The number of rotatable bonds is 5. The van der Waals surface area contributed by atoms with E-state index < -0.39 is 17.9 Å². The van der Waals surface area contributed by atoms with Crippen LogP contribution in [0.4, 0.5) is 0 Å². The zero-order valence-electron chi connectivity index (χ0n) is 18.9. The second-order valence-corrected chi connectivity index (χ2v) is 9.61. The summed E-state index contributed by atoms with van der Waals surface area (Å²) < 4.78 is 0. The fraction of sp³-hybridized carbons (Fsp3) is 0.0417. The molecule has 10 nitrogen and oxygen atoms in total. The van der Waals surface area contributed by atoms with E-state index in [-0.39, 0.29) is 31.8 Å². The fourth-order valence-corrected chi connectivity index (χ4v) is 2.79. The molecule has 0 unspecified atom stereocenters. The topological polar surface area (TPSA) is 163 Å². The molecule has 4 heterocycles. The summed E-state index contributed by atoms with van der Waals surface area (Å²) in [7, 11) is 9.71. The van der Waals surface area contributed by atoms with Gasteiger partial charge in [-0.15, -0.1) is 0 Å². The Bertz CT molecular complexity index is 1350. The summed E-state index contributed by atoms with van der Waals surface area (Å²) in [6.45, 7) is 1.95. The van der Waals surface area contributed by atoms with E-state index in [2.05, 4.69) is 19.9 Å². The molecule has 37 heavy (non-hydrogen) atoms. The zero-order valence-corrected chi connectivity index (χ0v) is 22.1. The summed E-state index contributed by atoms with van der Waals surface area (Å²) >= 11 is -0.346. The van der Waals surface area contributed by atoms with E-state index >= 15 is 0 Å². The number of nitrogens with zero attached hydrogens (tertiary/aromatic N) is 4. The van der Waals surface area contributed by atoms with Crippen LogP contribution in [-0.2, 0) is 15.1 Å². The van der Waals surface area contributed by atoms with Crippen LogP contribution in [0.5, 0.6) is 0 Å². The Labute approximate surface area is 226 Å². The van der Waals surface area contributed by atoms with Gasteiger partial charge in [-0.2, -0.15) is 0 Å². The molecule has 0 spiro atoms. The molecule has 0 aromatic carbocycles. The Morgan fingerprint density at radius 1 is 0.595 bits per heavy atom. The van der Waals surface area contributed by atoms with Crippen molar-refractivity contribution in [2.24, 2.45) is 0 Å². The normalized spacial score (nSPS) is 9.81. The maximum absolute atomic E-state index is 10.8. The summed E-state index contributed by atoms with van der Waals surface area (Å²) in [4.78, 5) is 48.6. The number of carbonyl (C=O) groups is 3. The Morgan fingerprint density at radius 2 is 0.865 bits per heavy atom. The number of aryl methyl sites for hydroxylation is 1. The van der Waals surface area contributed by atoms with Gasteiger partial charge >= 0.3 is 52.4 Å². The third kappa shape index (κ3) is 9.31. The van der Waals surface area contributed by atoms with Gasteiger partial charge in [0, 0.05) is 24.8 Å². The van der Waals surface area contributed by atoms with Crippen molar-refractivity contribution in [1.82, 2.24) is 19.9 Å². The number of carboxylic acid groups (broad SMARTS) is 3. The summed E-state index contributed by atoms with van der Waals surface area (Å²) in [6, 6.07) is 12.1. The van der Waals surface area contributed by atoms with Gasteiger partial charge in [-0.25, -0.2) is 14.4 Å². The number of pyridine rings is 4. The molecule has 0 saturated heterocycles. The summed E-state index contributed by atoms with van der Waals surface area (Å²) in [5, 5.41) is 26.6. The second-order valence-electron chi connectivity index (χ2n) is 6.97. The molecular formula is C24H18Cl2N4O6Ru. The first-order chi connectivity index (χ1) is 17.7. The van der Waals surface area contributed by atoms with Crippen molar-refractivity contribution in [3.63, 3.8) is 0 Å². The standard InChI is InChI=1S/C12H8N2O4.C12H10N2O2.2ClH.Ru/c15-11(16)7-1-3-13-9(5-7)10-6-8(12(17)18)2-4-14-10;1-8-2-4-13-10(6-8)11-7-9(12(15)16)3-5-14-11;;;/h1-6H,(H,15,16)(H,17,18);2-7H,1H3,(H,15,16);2*1H;/q;;;;+2/p-2. The molecule has 4 aromatic heterocycles. The van der Waals surface area contributed by atoms with Gasteiger partial charge in [-0.3, -0.25) is 19.9 Å². The van der Waals surface area contributed by atoms with E-state index in [1.807, 2.05) is 19.1 Å². The van der Waals surface area contributed by atoms with Gasteiger partial charge in [0.05, 0.1) is 39.5 Å². The first-order valence-corrected chi connectivity index (χ1v) is 14.5. The molecule has 192 valence electrons. The van der Waals surface area contributed by atoms with E-state index in [0.717, 1.165) is 5.56 Å². The molecule has 3 N–H and O–H groups in total. The van der Waals surface area contributed by atoms with Gasteiger partial charge in [0.1, 0.15) is 0 Å². The molecule has 0 aliphatic carbocycles. The maximum atomic E-state index is 10.8. The van der Waals surface area contributed by atoms with Crippen LogP contribution >= 0.6 is 19.4 Å². The molecule has 0 saturated carbocycles. The zero-order chi connectivity index (χ0) is 27.4. The van der Waals surface area contributed by atoms with Crippen molar-refractivity contribution < 1.29 is 44.8 Å². The molecule has 0 bridgehead atoms. The van der Waals surface area contributed by atoms with Gasteiger partial charge in [-0.05, 0) is 61.0 Å². The molecule has 0 fully saturated rings. The molecule has 13 heteroatoms. The molecule has 4 aromatic rings. The molecule has 0 aliphatic rings. The first kappa shape index (κ1) is 29.4. The van der Waals surface area contributed by atoms with Crippen LogP contribution in [0.25, 0.3) is 22.8 Å². The average molecular weight is 630 g/mol. The third-order valence-corrected chi connectivity index (χ3v) is 4.46. The van der Waals surface area contributed by atoms with Crippen molar-refractivity contribution >= 4 is 37.3 Å². The monoisotopic (exact) mass is 630 g/mol. The van der Waals surface area contributed by atoms with Crippen molar-refractivity contribution in [3.8, 4) is 22.8 Å². The van der Waals surface area contributed by atoms with Crippen molar-refractivity contribution in [1.29, 1.82) is 0 Å². The number of aromatic carboxylic acids is 3. The fourth-order valence-electron chi connectivity index (χ4n) is 2.79. The van der Waals surface area contributed by atoms with Crippen LogP contribution in [0.15, 0.2) is 73.3 Å². The SMILES string of the molecule is Cc1ccnc(-c2cc(C(=O)O)ccn2)c1.O=C(O)c1ccnc(-c2cc(C(=O)O)ccn2)c1.[Cl][Ru][Cl].